The summed E-state index contributed by atoms with van der Waals surface area (Å²) in [6.07, 6.45) is 4.93. The van der Waals surface area contributed by atoms with E-state index < -0.39 is 22.3 Å². The maximum absolute atomic E-state index is 14.3. The molecular weight excluding hydrogens is 341 g/mol. The first-order chi connectivity index (χ1) is 12.5. The lowest BCUT2D eigenvalue weighted by Gasteiger charge is -2.25. The standard InChI is InChI=1S/C18H18FN3O4/c19-17-9-14(22(24)25)5-6-16(17)18(23)21(12-15-4-2-8-26-15)11-13-3-1-7-20-10-13/h1,3,5-7,9-10,15H,2,4,8,11-12H2. The molecule has 1 saturated heterocycles. The van der Waals surface area contributed by atoms with Gasteiger partial charge in [-0.3, -0.25) is 19.9 Å². The molecule has 1 atom stereocenters. The van der Waals surface area contributed by atoms with Gasteiger partial charge in [-0.15, -0.1) is 0 Å². The van der Waals surface area contributed by atoms with E-state index in [0.717, 1.165) is 36.6 Å². The Morgan fingerprint density at radius 2 is 2.27 bits per heavy atom. The second kappa shape index (κ2) is 8.01. The van der Waals surface area contributed by atoms with Crippen molar-refractivity contribution in [1.29, 1.82) is 0 Å². The molecule has 1 aromatic heterocycles. The van der Waals surface area contributed by atoms with Gasteiger partial charge in [-0.25, -0.2) is 4.39 Å². The highest BCUT2D eigenvalue weighted by atomic mass is 19.1. The average molecular weight is 359 g/mol. The number of aromatic nitrogens is 1. The number of nitrogens with zero attached hydrogens (tertiary/aromatic N) is 3. The fourth-order valence-electron chi connectivity index (χ4n) is 2.93. The second-order valence-corrected chi connectivity index (χ2v) is 6.10. The van der Waals surface area contributed by atoms with Crippen LogP contribution in [-0.4, -0.2) is 40.0 Å². The van der Waals surface area contributed by atoms with Crippen LogP contribution in [0.2, 0.25) is 0 Å². The van der Waals surface area contributed by atoms with E-state index in [0.29, 0.717) is 13.2 Å². The van der Waals surface area contributed by atoms with E-state index in [1.807, 2.05) is 6.07 Å². The van der Waals surface area contributed by atoms with E-state index in [1.54, 1.807) is 18.5 Å². The van der Waals surface area contributed by atoms with E-state index >= 15 is 0 Å². The Labute approximate surface area is 149 Å². The van der Waals surface area contributed by atoms with Gasteiger partial charge in [0.25, 0.3) is 11.6 Å². The highest BCUT2D eigenvalue weighted by Gasteiger charge is 2.26. The Hall–Kier alpha value is -2.87. The molecule has 26 heavy (non-hydrogen) atoms. The number of pyridine rings is 1. The van der Waals surface area contributed by atoms with Crippen molar-refractivity contribution in [3.8, 4) is 0 Å². The summed E-state index contributed by atoms with van der Waals surface area (Å²) in [5, 5.41) is 10.8. The summed E-state index contributed by atoms with van der Waals surface area (Å²) >= 11 is 0. The first kappa shape index (κ1) is 17.9. The fourth-order valence-corrected chi connectivity index (χ4v) is 2.93. The molecule has 0 aliphatic carbocycles. The Morgan fingerprint density at radius 3 is 2.88 bits per heavy atom. The third kappa shape index (κ3) is 4.20. The van der Waals surface area contributed by atoms with Crippen LogP contribution in [0.25, 0.3) is 0 Å². The van der Waals surface area contributed by atoms with E-state index in [1.165, 1.54) is 4.90 Å². The minimum Gasteiger partial charge on any atom is -0.376 e. The van der Waals surface area contributed by atoms with Gasteiger partial charge in [0.2, 0.25) is 0 Å². The van der Waals surface area contributed by atoms with Crippen molar-refractivity contribution in [3.63, 3.8) is 0 Å². The fraction of sp³-hybridized carbons (Fsp3) is 0.333. The Bertz CT molecular complexity index is 794. The number of carbonyl (C=O) groups is 1. The van der Waals surface area contributed by atoms with Gasteiger partial charge in [0.1, 0.15) is 5.82 Å². The number of nitro groups is 1. The summed E-state index contributed by atoms with van der Waals surface area (Å²) in [7, 11) is 0. The number of carbonyl (C=O) groups excluding carboxylic acids is 1. The van der Waals surface area contributed by atoms with Crippen LogP contribution in [0.1, 0.15) is 28.8 Å². The van der Waals surface area contributed by atoms with E-state index in [-0.39, 0.29) is 18.2 Å². The number of non-ortho nitro benzene ring substituents is 1. The van der Waals surface area contributed by atoms with E-state index in [9.17, 15) is 19.3 Å². The monoisotopic (exact) mass is 359 g/mol. The lowest BCUT2D eigenvalue weighted by molar-refractivity contribution is -0.385. The molecule has 136 valence electrons. The zero-order chi connectivity index (χ0) is 18.5. The minimum absolute atomic E-state index is 0.100. The van der Waals surface area contributed by atoms with Gasteiger partial charge in [-0.2, -0.15) is 0 Å². The largest absolute Gasteiger partial charge is 0.376 e. The number of hydrogen-bond donors (Lipinski definition) is 0. The van der Waals surface area contributed by atoms with Crippen molar-refractivity contribution >= 4 is 11.6 Å². The molecule has 2 heterocycles. The molecule has 8 heteroatoms. The van der Waals surface area contributed by atoms with Crippen molar-refractivity contribution in [3.05, 3.63) is 69.8 Å². The number of ether oxygens (including phenoxy) is 1. The van der Waals surface area contributed by atoms with Gasteiger partial charge < -0.3 is 9.64 Å². The molecule has 1 aliphatic heterocycles. The van der Waals surface area contributed by atoms with Crippen molar-refractivity contribution in [2.75, 3.05) is 13.2 Å². The molecule has 0 spiro atoms. The zero-order valence-corrected chi connectivity index (χ0v) is 14.0. The number of nitro benzene ring substituents is 1. The van der Waals surface area contributed by atoms with Crippen LogP contribution >= 0.6 is 0 Å². The van der Waals surface area contributed by atoms with Crippen LogP contribution in [0.5, 0.6) is 0 Å². The SMILES string of the molecule is O=C(c1ccc([N+](=O)[O-])cc1F)N(Cc1cccnc1)CC1CCCO1. The van der Waals surface area contributed by atoms with Crippen LogP contribution in [-0.2, 0) is 11.3 Å². The van der Waals surface area contributed by atoms with Crippen LogP contribution in [0.15, 0.2) is 42.7 Å². The molecule has 0 saturated carbocycles. The molecule has 1 unspecified atom stereocenters. The van der Waals surface area contributed by atoms with Crippen molar-refractivity contribution < 1.29 is 18.8 Å². The third-order valence-corrected chi connectivity index (χ3v) is 4.23. The summed E-state index contributed by atoms with van der Waals surface area (Å²) in [4.78, 5) is 28.5. The summed E-state index contributed by atoms with van der Waals surface area (Å²) < 4.78 is 19.9. The predicted octanol–water partition coefficient (Wildman–Crippen LogP) is 2.95. The topological polar surface area (TPSA) is 85.6 Å². The number of hydrogen-bond acceptors (Lipinski definition) is 5. The second-order valence-electron chi connectivity index (χ2n) is 6.10. The lowest BCUT2D eigenvalue weighted by atomic mass is 10.1. The Kier molecular flexibility index (Phi) is 5.52. The Morgan fingerprint density at radius 1 is 1.42 bits per heavy atom. The summed E-state index contributed by atoms with van der Waals surface area (Å²) in [6.45, 7) is 1.22. The maximum atomic E-state index is 14.3. The molecule has 1 amide bonds. The van der Waals surface area contributed by atoms with Crippen molar-refractivity contribution in [2.24, 2.45) is 0 Å². The number of benzene rings is 1. The maximum Gasteiger partial charge on any atom is 0.272 e. The Balaban J connectivity index is 1.84. The quantitative estimate of drug-likeness (QED) is 0.585. The van der Waals surface area contributed by atoms with E-state index in [2.05, 4.69) is 4.98 Å². The first-order valence-electron chi connectivity index (χ1n) is 8.28. The van der Waals surface area contributed by atoms with Gasteiger partial charge in [0, 0.05) is 38.2 Å². The smallest absolute Gasteiger partial charge is 0.272 e. The molecule has 1 fully saturated rings. The molecular formula is C18H18FN3O4. The molecule has 0 bridgehead atoms. The van der Waals surface area contributed by atoms with Gasteiger partial charge in [-0.1, -0.05) is 6.07 Å². The average Bonchev–Trinajstić information content (AvgIpc) is 3.14. The lowest BCUT2D eigenvalue weighted by Crippen LogP contribution is -2.37. The number of rotatable bonds is 6. The molecule has 2 aromatic rings. The van der Waals surface area contributed by atoms with Crippen LogP contribution < -0.4 is 0 Å². The molecule has 7 nitrogen and oxygen atoms in total. The third-order valence-electron chi connectivity index (χ3n) is 4.23. The predicted molar refractivity (Wildman–Crippen MR) is 91.0 cm³/mol. The van der Waals surface area contributed by atoms with Crippen LogP contribution in [0, 0.1) is 15.9 Å². The van der Waals surface area contributed by atoms with Gasteiger partial charge in [0.15, 0.2) is 0 Å². The van der Waals surface area contributed by atoms with Crippen LogP contribution in [0.3, 0.4) is 0 Å². The molecule has 3 rings (SSSR count). The number of amides is 1. The summed E-state index contributed by atoms with van der Waals surface area (Å²) in [5.41, 5.74) is 0.218. The summed E-state index contributed by atoms with van der Waals surface area (Å²) in [6, 6.07) is 6.64. The van der Waals surface area contributed by atoms with Crippen molar-refractivity contribution in [2.45, 2.75) is 25.5 Å². The van der Waals surface area contributed by atoms with E-state index in [4.69, 9.17) is 4.74 Å². The molecule has 0 radical (unpaired) electrons. The molecule has 1 aromatic carbocycles. The van der Waals surface area contributed by atoms with Gasteiger partial charge >= 0.3 is 0 Å². The first-order valence-corrected chi connectivity index (χ1v) is 8.28. The number of halogens is 1. The highest BCUT2D eigenvalue weighted by Crippen LogP contribution is 2.21. The van der Waals surface area contributed by atoms with Crippen molar-refractivity contribution in [1.82, 2.24) is 9.88 Å². The molecule has 1 aliphatic rings. The highest BCUT2D eigenvalue weighted by molar-refractivity contribution is 5.94. The van der Waals surface area contributed by atoms with Gasteiger partial charge in [-0.05, 0) is 30.5 Å². The summed E-state index contributed by atoms with van der Waals surface area (Å²) in [5.74, 6) is -1.44. The normalized spacial score (nSPS) is 16.4. The molecule has 0 N–H and O–H groups in total. The van der Waals surface area contributed by atoms with Crippen LogP contribution in [0.4, 0.5) is 10.1 Å². The van der Waals surface area contributed by atoms with Gasteiger partial charge in [0.05, 0.1) is 22.7 Å². The zero-order valence-electron chi connectivity index (χ0n) is 14.0. The minimum atomic E-state index is -0.910.